The van der Waals surface area contributed by atoms with Gasteiger partial charge in [-0.15, -0.1) is 10.2 Å². The van der Waals surface area contributed by atoms with Gasteiger partial charge < -0.3 is 14.6 Å². The quantitative estimate of drug-likeness (QED) is 0.376. The van der Waals surface area contributed by atoms with Crippen molar-refractivity contribution in [1.82, 2.24) is 19.7 Å². The van der Waals surface area contributed by atoms with E-state index in [9.17, 15) is 9.90 Å². The molecule has 25 heavy (non-hydrogen) atoms. The van der Waals surface area contributed by atoms with Gasteiger partial charge in [0.2, 0.25) is 0 Å². The predicted molar refractivity (Wildman–Crippen MR) is 86.9 cm³/mol. The first-order valence-electron chi connectivity index (χ1n) is 7.03. The van der Waals surface area contributed by atoms with Crippen molar-refractivity contribution in [2.45, 2.75) is 5.16 Å². The summed E-state index contributed by atoms with van der Waals surface area (Å²) in [6.07, 6.45) is 1.66. The summed E-state index contributed by atoms with van der Waals surface area (Å²) < 4.78 is 7.00. The number of carboxylic acids is 1. The molecule has 0 spiro atoms. The summed E-state index contributed by atoms with van der Waals surface area (Å²) in [5.74, 6) is -0.196. The third-order valence-electron chi connectivity index (χ3n) is 3.16. The molecule has 0 saturated carbocycles. The predicted octanol–water partition coefficient (Wildman–Crippen LogP) is -1.82. The summed E-state index contributed by atoms with van der Waals surface area (Å²) in [6.45, 7) is 0. The molecule has 0 amide bonds. The van der Waals surface area contributed by atoms with Crippen molar-refractivity contribution < 1.29 is 44.2 Å². The van der Waals surface area contributed by atoms with Gasteiger partial charge in [-0.3, -0.25) is 9.55 Å². The van der Waals surface area contributed by atoms with Gasteiger partial charge in [0.05, 0.1) is 18.8 Å². The van der Waals surface area contributed by atoms with E-state index in [1.807, 2.05) is 42.5 Å². The van der Waals surface area contributed by atoms with Crippen molar-refractivity contribution in [1.29, 1.82) is 0 Å². The zero-order valence-electron chi connectivity index (χ0n) is 13.7. The van der Waals surface area contributed by atoms with Crippen LogP contribution in [0.3, 0.4) is 0 Å². The number of pyridine rings is 1. The normalized spacial score (nSPS) is 10.1. The number of aliphatic carboxylic acids is 1. The van der Waals surface area contributed by atoms with Crippen molar-refractivity contribution in [2.75, 3.05) is 12.9 Å². The first-order chi connectivity index (χ1) is 11.7. The third kappa shape index (κ3) is 4.60. The molecule has 2 aromatic heterocycles. The van der Waals surface area contributed by atoms with E-state index >= 15 is 0 Å². The van der Waals surface area contributed by atoms with Gasteiger partial charge in [-0.25, -0.2) is 0 Å². The van der Waals surface area contributed by atoms with E-state index in [4.69, 9.17) is 4.74 Å². The topological polar surface area (TPSA) is 93.0 Å². The van der Waals surface area contributed by atoms with Crippen LogP contribution in [0.5, 0.6) is 5.75 Å². The Morgan fingerprint density at radius 3 is 2.76 bits per heavy atom. The number of rotatable bonds is 6. The molecule has 3 aromatic rings. The van der Waals surface area contributed by atoms with Gasteiger partial charge in [-0.1, -0.05) is 23.9 Å². The number of carbonyl (C=O) groups is 1. The maximum absolute atomic E-state index is 10.8. The fourth-order valence-corrected chi connectivity index (χ4v) is 2.80. The van der Waals surface area contributed by atoms with Crippen molar-refractivity contribution in [2.24, 2.45) is 0 Å². The van der Waals surface area contributed by atoms with Gasteiger partial charge in [0, 0.05) is 18.0 Å². The molecule has 0 aliphatic carbocycles. The molecule has 0 bridgehead atoms. The Kier molecular flexibility index (Phi) is 7.01. The average Bonchev–Trinajstić information content (AvgIpc) is 3.04. The summed E-state index contributed by atoms with van der Waals surface area (Å²) >= 11 is 1.04. The van der Waals surface area contributed by atoms with E-state index in [1.165, 1.54) is 0 Å². The number of carboxylic acid groups (broad SMARTS) is 1. The first kappa shape index (κ1) is 19.5. The number of hydrogen-bond donors (Lipinski definition) is 0. The minimum absolute atomic E-state index is 0. The minimum atomic E-state index is -1.17. The number of thioether (sulfide) groups is 1. The molecule has 9 heteroatoms. The van der Waals surface area contributed by atoms with Crippen molar-refractivity contribution in [3.63, 3.8) is 0 Å². The van der Waals surface area contributed by atoms with E-state index in [1.54, 1.807) is 17.9 Å². The number of hydrogen-bond acceptors (Lipinski definition) is 7. The van der Waals surface area contributed by atoms with Crippen LogP contribution in [0.1, 0.15) is 0 Å². The first-order valence-corrected chi connectivity index (χ1v) is 8.01. The molecule has 2 heterocycles. The largest absolute Gasteiger partial charge is 1.00 e. The standard InChI is InChI=1S/C16H14N4O3S.Na/c1-23-12-6-4-5-11(9-12)20-15(13-7-2-3-8-17-13)18-19-16(20)24-10-14(21)22;/h2-9H,10H2,1H3,(H,21,22);/q;+1/p-1. The van der Waals surface area contributed by atoms with Gasteiger partial charge in [0.1, 0.15) is 11.4 Å². The molecular weight excluding hydrogens is 351 g/mol. The number of ether oxygens (including phenoxy) is 1. The van der Waals surface area contributed by atoms with Gasteiger partial charge >= 0.3 is 29.6 Å². The van der Waals surface area contributed by atoms with E-state index in [0.29, 0.717) is 22.4 Å². The molecule has 1 aromatic carbocycles. The summed E-state index contributed by atoms with van der Waals surface area (Å²) in [5, 5.41) is 19.5. The number of carbonyl (C=O) groups excluding carboxylic acids is 1. The van der Waals surface area contributed by atoms with E-state index in [2.05, 4.69) is 15.2 Å². The van der Waals surface area contributed by atoms with E-state index < -0.39 is 5.97 Å². The summed E-state index contributed by atoms with van der Waals surface area (Å²) in [7, 11) is 1.58. The molecule has 0 aliphatic rings. The van der Waals surface area contributed by atoms with Crippen LogP contribution in [0.2, 0.25) is 0 Å². The molecule has 0 fully saturated rings. The van der Waals surface area contributed by atoms with Crippen molar-refractivity contribution in [3.05, 3.63) is 48.7 Å². The molecular formula is C16H13N4NaO3S. The Labute approximate surface area is 170 Å². The maximum Gasteiger partial charge on any atom is 1.00 e. The number of aromatic nitrogens is 4. The van der Waals surface area contributed by atoms with Crippen LogP contribution >= 0.6 is 11.8 Å². The number of nitrogens with zero attached hydrogens (tertiary/aromatic N) is 4. The molecule has 0 atom stereocenters. The summed E-state index contributed by atoms with van der Waals surface area (Å²) in [4.78, 5) is 15.1. The van der Waals surface area contributed by atoms with Crippen LogP contribution in [0.4, 0.5) is 0 Å². The van der Waals surface area contributed by atoms with Crippen molar-refractivity contribution in [3.8, 4) is 23.0 Å². The Hall–Kier alpha value is -1.87. The molecule has 0 radical (unpaired) electrons. The second-order valence-corrected chi connectivity index (χ2v) is 5.66. The van der Waals surface area contributed by atoms with Gasteiger partial charge in [-0.05, 0) is 24.3 Å². The zero-order chi connectivity index (χ0) is 16.9. The fraction of sp³-hybridized carbons (Fsp3) is 0.125. The van der Waals surface area contributed by atoms with Crippen LogP contribution in [-0.2, 0) is 4.79 Å². The van der Waals surface area contributed by atoms with E-state index in [0.717, 1.165) is 17.4 Å². The fourth-order valence-electron chi connectivity index (χ4n) is 2.13. The third-order valence-corrected chi connectivity index (χ3v) is 4.06. The van der Waals surface area contributed by atoms with Crippen LogP contribution in [0, 0.1) is 0 Å². The zero-order valence-corrected chi connectivity index (χ0v) is 16.6. The monoisotopic (exact) mass is 364 g/mol. The summed E-state index contributed by atoms with van der Waals surface area (Å²) in [6, 6.07) is 12.8. The van der Waals surface area contributed by atoms with Crippen LogP contribution in [0.25, 0.3) is 17.2 Å². The van der Waals surface area contributed by atoms with Crippen LogP contribution in [0.15, 0.2) is 53.8 Å². The van der Waals surface area contributed by atoms with Gasteiger partial charge in [0.15, 0.2) is 11.0 Å². The van der Waals surface area contributed by atoms with Gasteiger partial charge in [0.25, 0.3) is 0 Å². The maximum atomic E-state index is 10.8. The van der Waals surface area contributed by atoms with Crippen molar-refractivity contribution >= 4 is 17.7 Å². The second kappa shape index (κ2) is 9.00. The average molecular weight is 364 g/mol. The SMILES string of the molecule is COc1cccc(-n2c(SCC(=O)[O-])nnc2-c2ccccn2)c1.[Na+]. The Morgan fingerprint density at radius 2 is 2.08 bits per heavy atom. The second-order valence-electron chi connectivity index (χ2n) is 4.72. The van der Waals surface area contributed by atoms with Crippen LogP contribution in [-0.4, -0.2) is 38.6 Å². The van der Waals surface area contributed by atoms with E-state index in [-0.39, 0.29) is 35.3 Å². The number of benzene rings is 1. The Morgan fingerprint density at radius 1 is 1.24 bits per heavy atom. The number of methoxy groups -OCH3 is 1. The molecule has 0 N–H and O–H groups in total. The molecule has 0 unspecified atom stereocenters. The summed E-state index contributed by atoms with van der Waals surface area (Å²) in [5.41, 5.74) is 1.38. The molecule has 0 saturated heterocycles. The Balaban J connectivity index is 0.00000225. The molecule has 7 nitrogen and oxygen atoms in total. The molecule has 0 aliphatic heterocycles. The molecule has 122 valence electrons. The Bertz CT molecular complexity index is 858. The smallest absolute Gasteiger partial charge is 0.549 e. The van der Waals surface area contributed by atoms with Gasteiger partial charge in [-0.2, -0.15) is 0 Å². The minimum Gasteiger partial charge on any atom is -0.549 e. The molecule has 3 rings (SSSR count). The van der Waals surface area contributed by atoms with Crippen LogP contribution < -0.4 is 39.4 Å².